The molecule has 2 heterocycles. The Labute approximate surface area is 139 Å². The molecule has 1 amide bonds. The Morgan fingerprint density at radius 3 is 2.83 bits per heavy atom. The summed E-state index contributed by atoms with van der Waals surface area (Å²) in [4.78, 5) is 14.3. The van der Waals surface area contributed by atoms with Crippen LogP contribution in [0.5, 0.6) is 0 Å². The number of anilines is 1. The second-order valence-corrected chi connectivity index (χ2v) is 6.75. The number of carbonyl (C=O) groups excluding carboxylic acids is 1. The SMILES string of the molecule is CCc1ccc(NC(=O)c2nnc(CN3CC[C@H](O)C3)s2)cc1. The normalized spacial score (nSPS) is 18.3. The highest BCUT2D eigenvalue weighted by Crippen LogP contribution is 2.18. The molecule has 1 aromatic carbocycles. The smallest absolute Gasteiger partial charge is 0.286 e. The Morgan fingerprint density at radius 1 is 1.39 bits per heavy atom. The predicted molar refractivity (Wildman–Crippen MR) is 89.6 cm³/mol. The van der Waals surface area contributed by atoms with E-state index in [9.17, 15) is 9.90 Å². The number of benzene rings is 1. The summed E-state index contributed by atoms with van der Waals surface area (Å²) in [5.41, 5.74) is 1.99. The van der Waals surface area contributed by atoms with Gasteiger partial charge in [-0.1, -0.05) is 30.4 Å². The fourth-order valence-electron chi connectivity index (χ4n) is 2.56. The number of aryl methyl sites for hydroxylation is 1. The molecule has 2 aromatic rings. The van der Waals surface area contributed by atoms with Crippen molar-refractivity contribution in [2.24, 2.45) is 0 Å². The van der Waals surface area contributed by atoms with Crippen LogP contribution in [0.25, 0.3) is 0 Å². The first kappa shape index (κ1) is 16.0. The molecule has 122 valence electrons. The van der Waals surface area contributed by atoms with Gasteiger partial charge >= 0.3 is 0 Å². The van der Waals surface area contributed by atoms with E-state index in [2.05, 4.69) is 27.3 Å². The molecule has 1 saturated heterocycles. The number of rotatable bonds is 5. The van der Waals surface area contributed by atoms with Crippen molar-refractivity contribution >= 4 is 22.9 Å². The Bertz CT molecular complexity index is 671. The van der Waals surface area contributed by atoms with E-state index in [-0.39, 0.29) is 12.0 Å². The van der Waals surface area contributed by atoms with Crippen LogP contribution in [0.3, 0.4) is 0 Å². The van der Waals surface area contributed by atoms with Gasteiger partial charge in [-0.2, -0.15) is 0 Å². The molecule has 0 aliphatic carbocycles. The molecule has 0 saturated carbocycles. The molecular formula is C16H20N4O2S. The zero-order valence-corrected chi connectivity index (χ0v) is 13.8. The fourth-order valence-corrected chi connectivity index (χ4v) is 3.34. The Kier molecular flexibility index (Phi) is 5.00. The number of aromatic nitrogens is 2. The predicted octanol–water partition coefficient (Wildman–Crippen LogP) is 1.92. The molecule has 1 fully saturated rings. The lowest BCUT2D eigenvalue weighted by atomic mass is 10.1. The topological polar surface area (TPSA) is 78.4 Å². The number of amides is 1. The van der Waals surface area contributed by atoms with E-state index >= 15 is 0 Å². The average molecular weight is 332 g/mol. The van der Waals surface area contributed by atoms with E-state index in [0.717, 1.165) is 30.1 Å². The van der Waals surface area contributed by atoms with Gasteiger partial charge in [0.05, 0.1) is 12.6 Å². The zero-order chi connectivity index (χ0) is 16.2. The fraction of sp³-hybridized carbons (Fsp3) is 0.438. The minimum atomic E-state index is -0.253. The van der Waals surface area contributed by atoms with Gasteiger partial charge in [-0.05, 0) is 30.5 Å². The number of carbonyl (C=O) groups is 1. The molecule has 7 heteroatoms. The van der Waals surface area contributed by atoms with Gasteiger partial charge < -0.3 is 10.4 Å². The van der Waals surface area contributed by atoms with Gasteiger partial charge in [-0.25, -0.2) is 0 Å². The molecule has 1 aliphatic heterocycles. The Hall–Kier alpha value is -1.83. The van der Waals surface area contributed by atoms with Crippen molar-refractivity contribution in [2.75, 3.05) is 18.4 Å². The molecule has 3 rings (SSSR count). The van der Waals surface area contributed by atoms with Crippen LogP contribution in [0.4, 0.5) is 5.69 Å². The number of aliphatic hydroxyl groups excluding tert-OH is 1. The van der Waals surface area contributed by atoms with Crippen LogP contribution in [0, 0.1) is 0 Å². The number of aliphatic hydroxyl groups is 1. The van der Waals surface area contributed by atoms with Gasteiger partial charge in [-0.15, -0.1) is 10.2 Å². The second-order valence-electron chi connectivity index (χ2n) is 5.68. The summed E-state index contributed by atoms with van der Waals surface area (Å²) in [5.74, 6) is -0.237. The third-order valence-electron chi connectivity index (χ3n) is 3.89. The summed E-state index contributed by atoms with van der Waals surface area (Å²) in [6.45, 7) is 4.24. The van der Waals surface area contributed by atoms with Gasteiger partial charge in [0.1, 0.15) is 5.01 Å². The molecule has 2 N–H and O–H groups in total. The lowest BCUT2D eigenvalue weighted by molar-refractivity contribution is 0.102. The van der Waals surface area contributed by atoms with E-state index in [1.165, 1.54) is 16.9 Å². The van der Waals surface area contributed by atoms with Crippen LogP contribution in [0.15, 0.2) is 24.3 Å². The molecule has 23 heavy (non-hydrogen) atoms. The highest BCUT2D eigenvalue weighted by Gasteiger charge is 2.22. The van der Waals surface area contributed by atoms with Gasteiger partial charge in [-0.3, -0.25) is 9.69 Å². The Balaban J connectivity index is 1.59. The van der Waals surface area contributed by atoms with Crippen LogP contribution in [-0.2, 0) is 13.0 Å². The van der Waals surface area contributed by atoms with Crippen molar-refractivity contribution in [2.45, 2.75) is 32.4 Å². The minimum Gasteiger partial charge on any atom is -0.392 e. The van der Waals surface area contributed by atoms with Crippen molar-refractivity contribution < 1.29 is 9.90 Å². The molecule has 6 nitrogen and oxygen atoms in total. The van der Waals surface area contributed by atoms with Crippen molar-refractivity contribution in [3.8, 4) is 0 Å². The lowest BCUT2D eigenvalue weighted by Gasteiger charge is -2.11. The molecule has 0 spiro atoms. The first-order valence-electron chi connectivity index (χ1n) is 7.77. The maximum atomic E-state index is 12.2. The van der Waals surface area contributed by atoms with Crippen LogP contribution in [-0.4, -0.2) is 45.3 Å². The maximum absolute atomic E-state index is 12.2. The molecule has 0 radical (unpaired) electrons. The van der Waals surface area contributed by atoms with Crippen molar-refractivity contribution in [1.29, 1.82) is 0 Å². The summed E-state index contributed by atoms with van der Waals surface area (Å²) in [6.07, 6.45) is 1.51. The van der Waals surface area contributed by atoms with Crippen LogP contribution >= 0.6 is 11.3 Å². The third-order valence-corrected chi connectivity index (χ3v) is 4.79. The van der Waals surface area contributed by atoms with Crippen molar-refractivity contribution in [1.82, 2.24) is 15.1 Å². The minimum absolute atomic E-state index is 0.237. The van der Waals surface area contributed by atoms with E-state index in [1.807, 2.05) is 24.3 Å². The maximum Gasteiger partial charge on any atom is 0.286 e. The van der Waals surface area contributed by atoms with Gasteiger partial charge in [0.2, 0.25) is 5.01 Å². The van der Waals surface area contributed by atoms with Crippen LogP contribution in [0.1, 0.15) is 33.7 Å². The quantitative estimate of drug-likeness (QED) is 0.874. The molecule has 1 aromatic heterocycles. The van der Waals surface area contributed by atoms with E-state index < -0.39 is 0 Å². The zero-order valence-electron chi connectivity index (χ0n) is 13.0. The molecule has 0 bridgehead atoms. The van der Waals surface area contributed by atoms with Crippen LogP contribution in [0.2, 0.25) is 0 Å². The van der Waals surface area contributed by atoms with Gasteiger partial charge in [0.25, 0.3) is 5.91 Å². The number of likely N-dealkylation sites (tertiary alicyclic amines) is 1. The highest BCUT2D eigenvalue weighted by molar-refractivity contribution is 7.13. The first-order chi connectivity index (χ1) is 11.1. The summed E-state index contributed by atoms with van der Waals surface area (Å²) in [6, 6.07) is 7.79. The summed E-state index contributed by atoms with van der Waals surface area (Å²) >= 11 is 1.30. The summed E-state index contributed by atoms with van der Waals surface area (Å²) in [7, 11) is 0. The third kappa shape index (κ3) is 4.13. The number of hydrogen-bond acceptors (Lipinski definition) is 6. The van der Waals surface area contributed by atoms with E-state index in [0.29, 0.717) is 18.1 Å². The highest BCUT2D eigenvalue weighted by atomic mass is 32.1. The Morgan fingerprint density at radius 2 is 2.17 bits per heavy atom. The summed E-state index contributed by atoms with van der Waals surface area (Å²) < 4.78 is 0. The standard InChI is InChI=1S/C16H20N4O2S/c1-2-11-3-5-12(6-4-11)17-15(22)16-19-18-14(23-16)10-20-8-7-13(21)9-20/h3-6,13,21H,2,7-10H2,1H3,(H,17,22)/t13-/m0/s1. The molecule has 0 unspecified atom stereocenters. The first-order valence-corrected chi connectivity index (χ1v) is 8.59. The average Bonchev–Trinajstić information content (AvgIpc) is 3.18. The van der Waals surface area contributed by atoms with Crippen molar-refractivity contribution in [3.63, 3.8) is 0 Å². The molecule has 1 aliphatic rings. The van der Waals surface area contributed by atoms with E-state index in [4.69, 9.17) is 0 Å². The number of β-amino-alcohol motifs (C(OH)–C–C–N with tert-alkyl or cyclic N) is 1. The van der Waals surface area contributed by atoms with Gasteiger partial charge in [0.15, 0.2) is 0 Å². The number of nitrogens with one attached hydrogen (secondary N) is 1. The molecular weight excluding hydrogens is 312 g/mol. The summed E-state index contributed by atoms with van der Waals surface area (Å²) in [5, 5.41) is 21.6. The van der Waals surface area contributed by atoms with Gasteiger partial charge in [0, 0.05) is 18.8 Å². The van der Waals surface area contributed by atoms with E-state index in [1.54, 1.807) is 0 Å². The van der Waals surface area contributed by atoms with Crippen LogP contribution < -0.4 is 5.32 Å². The molecule has 1 atom stereocenters. The van der Waals surface area contributed by atoms with Crippen molar-refractivity contribution in [3.05, 3.63) is 39.8 Å². The monoisotopic (exact) mass is 332 g/mol. The second kappa shape index (κ2) is 7.16. The lowest BCUT2D eigenvalue weighted by Crippen LogP contribution is -2.21. The number of hydrogen-bond donors (Lipinski definition) is 2. The number of nitrogens with zero attached hydrogens (tertiary/aromatic N) is 3. The largest absolute Gasteiger partial charge is 0.392 e.